The SMILES string of the molecule is CC(C)CNC(=O)C=CC=CCCCCCCCOc1ccc2cc(Cl)ccc2n1. The summed E-state index contributed by atoms with van der Waals surface area (Å²) in [5.74, 6) is 1.11. The quantitative estimate of drug-likeness (QED) is 0.225. The van der Waals surface area contributed by atoms with Crippen molar-refractivity contribution in [2.75, 3.05) is 13.2 Å². The van der Waals surface area contributed by atoms with Crippen LogP contribution in [0, 0.1) is 5.92 Å². The van der Waals surface area contributed by atoms with Gasteiger partial charge < -0.3 is 10.1 Å². The van der Waals surface area contributed by atoms with Crippen molar-refractivity contribution in [2.24, 2.45) is 5.92 Å². The van der Waals surface area contributed by atoms with Crippen LogP contribution in [0.1, 0.15) is 52.4 Å². The van der Waals surface area contributed by atoms with Gasteiger partial charge in [-0.15, -0.1) is 0 Å². The molecule has 1 aromatic heterocycles. The second-order valence-corrected chi connectivity index (χ2v) is 8.25. The van der Waals surface area contributed by atoms with Crippen LogP contribution in [0.3, 0.4) is 0 Å². The number of halogens is 1. The highest BCUT2D eigenvalue weighted by molar-refractivity contribution is 6.31. The van der Waals surface area contributed by atoms with Gasteiger partial charge >= 0.3 is 0 Å². The first-order valence-electron chi connectivity index (χ1n) is 10.8. The molecule has 0 unspecified atom stereocenters. The summed E-state index contributed by atoms with van der Waals surface area (Å²) in [4.78, 5) is 16.0. The molecule has 30 heavy (non-hydrogen) atoms. The van der Waals surface area contributed by atoms with Gasteiger partial charge in [0.05, 0.1) is 12.1 Å². The zero-order chi connectivity index (χ0) is 21.6. The maximum Gasteiger partial charge on any atom is 0.243 e. The first-order chi connectivity index (χ1) is 14.5. The molecule has 0 radical (unpaired) electrons. The zero-order valence-electron chi connectivity index (χ0n) is 18.1. The Bertz CT molecular complexity index is 846. The molecule has 1 heterocycles. The molecule has 0 aliphatic carbocycles. The minimum absolute atomic E-state index is 0.0288. The van der Waals surface area contributed by atoms with Crippen molar-refractivity contribution in [3.05, 3.63) is 59.7 Å². The molecule has 162 valence electrons. The number of amides is 1. The van der Waals surface area contributed by atoms with Crippen molar-refractivity contribution >= 4 is 28.4 Å². The van der Waals surface area contributed by atoms with Gasteiger partial charge in [0.1, 0.15) is 0 Å². The van der Waals surface area contributed by atoms with Crippen LogP contribution in [0.5, 0.6) is 5.88 Å². The maximum atomic E-state index is 11.5. The van der Waals surface area contributed by atoms with Gasteiger partial charge in [0, 0.05) is 29.1 Å². The summed E-state index contributed by atoms with van der Waals surface area (Å²) in [5, 5.41) is 4.60. The van der Waals surface area contributed by atoms with E-state index in [2.05, 4.69) is 30.2 Å². The Morgan fingerprint density at radius 1 is 1.10 bits per heavy atom. The molecule has 0 bridgehead atoms. The second-order valence-electron chi connectivity index (χ2n) is 7.82. The van der Waals surface area contributed by atoms with Crippen LogP contribution in [0.15, 0.2) is 54.6 Å². The fourth-order valence-electron chi connectivity index (χ4n) is 2.91. The highest BCUT2D eigenvalue weighted by atomic mass is 35.5. The lowest BCUT2D eigenvalue weighted by atomic mass is 10.1. The molecule has 0 aliphatic heterocycles. The third-order valence-corrected chi connectivity index (χ3v) is 4.81. The van der Waals surface area contributed by atoms with E-state index in [0.29, 0.717) is 24.9 Å². The number of unbranched alkanes of at least 4 members (excludes halogenated alkanes) is 5. The maximum absolute atomic E-state index is 11.5. The van der Waals surface area contributed by atoms with E-state index in [1.54, 1.807) is 6.08 Å². The number of aromatic nitrogens is 1. The van der Waals surface area contributed by atoms with Gasteiger partial charge in [0.2, 0.25) is 11.8 Å². The van der Waals surface area contributed by atoms with E-state index < -0.39 is 0 Å². The van der Waals surface area contributed by atoms with Gasteiger partial charge in [-0.05, 0) is 49.4 Å². The first kappa shape index (κ1) is 23.9. The number of nitrogens with zero attached hydrogens (tertiary/aromatic N) is 1. The molecular formula is C25H33ClN2O2. The molecule has 0 spiro atoms. The van der Waals surface area contributed by atoms with Crippen LogP contribution in [-0.2, 0) is 4.79 Å². The molecule has 0 aliphatic rings. The highest BCUT2D eigenvalue weighted by Crippen LogP contribution is 2.20. The second kappa shape index (κ2) is 13.8. The fourth-order valence-corrected chi connectivity index (χ4v) is 3.09. The van der Waals surface area contributed by atoms with Crippen molar-refractivity contribution in [2.45, 2.75) is 52.4 Å². The van der Waals surface area contributed by atoms with Crippen molar-refractivity contribution in [1.29, 1.82) is 0 Å². The average Bonchev–Trinajstić information content (AvgIpc) is 2.73. The van der Waals surface area contributed by atoms with Crippen LogP contribution in [0.4, 0.5) is 0 Å². The zero-order valence-corrected chi connectivity index (χ0v) is 18.8. The summed E-state index contributed by atoms with van der Waals surface area (Å²) in [6.07, 6.45) is 14.3. The molecular weight excluding hydrogens is 396 g/mol. The number of hydrogen-bond acceptors (Lipinski definition) is 3. The minimum atomic E-state index is -0.0288. The molecule has 0 saturated carbocycles. The molecule has 4 nitrogen and oxygen atoms in total. The standard InChI is InChI=1S/C25H33ClN2O2/c1-20(2)19-27-24(29)12-10-8-6-4-3-5-7-9-11-17-30-25-16-13-21-18-22(26)14-15-23(21)28-25/h6,8,10,12-16,18,20H,3-5,7,9,11,17,19H2,1-2H3,(H,27,29). The van der Waals surface area contributed by atoms with E-state index in [-0.39, 0.29) is 5.91 Å². The smallest absolute Gasteiger partial charge is 0.243 e. The number of nitrogens with one attached hydrogen (secondary N) is 1. The lowest BCUT2D eigenvalue weighted by molar-refractivity contribution is -0.116. The van der Waals surface area contributed by atoms with E-state index in [9.17, 15) is 4.79 Å². The predicted octanol–water partition coefficient (Wildman–Crippen LogP) is 6.49. The summed E-state index contributed by atoms with van der Waals surface area (Å²) in [5.41, 5.74) is 0.899. The van der Waals surface area contributed by atoms with Crippen LogP contribution >= 0.6 is 11.6 Å². The molecule has 1 N–H and O–H groups in total. The van der Waals surface area contributed by atoms with E-state index >= 15 is 0 Å². The number of benzene rings is 1. The molecule has 2 rings (SSSR count). The Morgan fingerprint density at radius 3 is 2.73 bits per heavy atom. The summed E-state index contributed by atoms with van der Waals surface area (Å²) in [6.45, 7) is 5.56. The molecule has 2 aromatic rings. The Labute approximate surface area is 185 Å². The Balaban J connectivity index is 1.48. The number of allylic oxidation sites excluding steroid dienone is 3. The topological polar surface area (TPSA) is 51.2 Å². The average molecular weight is 429 g/mol. The van der Waals surface area contributed by atoms with Gasteiger partial charge in [-0.2, -0.15) is 0 Å². The number of ether oxygens (including phenoxy) is 1. The van der Waals surface area contributed by atoms with Crippen molar-refractivity contribution in [3.8, 4) is 5.88 Å². The monoisotopic (exact) mass is 428 g/mol. The number of fused-ring (bicyclic) bond motifs is 1. The van der Waals surface area contributed by atoms with Crippen molar-refractivity contribution in [1.82, 2.24) is 10.3 Å². The fraction of sp³-hybridized carbons (Fsp3) is 0.440. The summed E-state index contributed by atoms with van der Waals surface area (Å²) < 4.78 is 5.77. The number of pyridine rings is 1. The van der Waals surface area contributed by atoms with Crippen LogP contribution < -0.4 is 10.1 Å². The summed E-state index contributed by atoms with van der Waals surface area (Å²) in [7, 11) is 0. The molecule has 0 fully saturated rings. The van der Waals surface area contributed by atoms with Crippen molar-refractivity contribution in [3.63, 3.8) is 0 Å². The van der Waals surface area contributed by atoms with E-state index in [0.717, 1.165) is 35.2 Å². The van der Waals surface area contributed by atoms with Gasteiger partial charge in [-0.1, -0.05) is 62.9 Å². The van der Waals surface area contributed by atoms with Gasteiger partial charge in [-0.25, -0.2) is 4.98 Å². The van der Waals surface area contributed by atoms with E-state index in [1.165, 1.54) is 19.3 Å². The largest absolute Gasteiger partial charge is 0.478 e. The minimum Gasteiger partial charge on any atom is -0.478 e. The Morgan fingerprint density at radius 2 is 1.90 bits per heavy atom. The van der Waals surface area contributed by atoms with E-state index in [4.69, 9.17) is 16.3 Å². The Hall–Kier alpha value is -2.33. The Kier molecular flexibility index (Phi) is 11.0. The van der Waals surface area contributed by atoms with Gasteiger partial charge in [-0.3, -0.25) is 4.79 Å². The highest BCUT2D eigenvalue weighted by Gasteiger charge is 2.00. The lowest BCUT2D eigenvalue weighted by Gasteiger charge is -2.06. The molecule has 0 saturated heterocycles. The molecule has 1 amide bonds. The molecule has 1 aromatic carbocycles. The number of carbonyl (C=O) groups excluding carboxylic acids is 1. The number of carbonyl (C=O) groups is 1. The van der Waals surface area contributed by atoms with Gasteiger partial charge in [0.15, 0.2) is 0 Å². The van der Waals surface area contributed by atoms with Crippen molar-refractivity contribution < 1.29 is 9.53 Å². The number of rotatable bonds is 13. The van der Waals surface area contributed by atoms with Crippen LogP contribution in [0.2, 0.25) is 5.02 Å². The molecule has 0 atom stereocenters. The third kappa shape index (κ3) is 9.93. The third-order valence-electron chi connectivity index (χ3n) is 4.57. The van der Waals surface area contributed by atoms with E-state index in [1.807, 2.05) is 42.5 Å². The lowest BCUT2D eigenvalue weighted by Crippen LogP contribution is -2.25. The summed E-state index contributed by atoms with van der Waals surface area (Å²) >= 11 is 5.99. The van der Waals surface area contributed by atoms with Gasteiger partial charge in [0.25, 0.3) is 0 Å². The predicted molar refractivity (Wildman–Crippen MR) is 126 cm³/mol. The number of hydrogen-bond donors (Lipinski definition) is 1. The summed E-state index contributed by atoms with van der Waals surface area (Å²) in [6, 6.07) is 9.55. The normalized spacial score (nSPS) is 11.7. The van der Waals surface area contributed by atoms with Crippen LogP contribution in [-0.4, -0.2) is 24.0 Å². The van der Waals surface area contributed by atoms with Crippen LogP contribution in [0.25, 0.3) is 10.9 Å². The molecule has 5 heteroatoms. The first-order valence-corrected chi connectivity index (χ1v) is 11.2.